The lowest BCUT2D eigenvalue weighted by Crippen LogP contribution is -2.32. The molecule has 0 aromatic carbocycles. The molecular weight excluding hydrogens is 228 g/mol. The Labute approximate surface area is 106 Å². The van der Waals surface area contributed by atoms with Gasteiger partial charge in [-0.25, -0.2) is 0 Å². The molecule has 3 heteroatoms. The third-order valence-corrected chi connectivity index (χ3v) is 4.54. The number of hydrogen-bond acceptors (Lipinski definition) is 3. The maximum absolute atomic E-state index is 4.07. The number of thiophene rings is 1. The van der Waals surface area contributed by atoms with E-state index in [9.17, 15) is 0 Å². The minimum absolute atomic E-state index is 0.540. The van der Waals surface area contributed by atoms with Crippen LogP contribution in [0.2, 0.25) is 0 Å². The Morgan fingerprint density at radius 3 is 3.00 bits per heavy atom. The van der Waals surface area contributed by atoms with Crippen LogP contribution in [0.1, 0.15) is 29.0 Å². The number of rotatable bonds is 2. The zero-order valence-corrected chi connectivity index (χ0v) is 10.8. The standard InChI is InChI=1S/C14H16N2S/c1-11-13-5-9-17-14(13)4-8-16(11)10-12-2-6-15-7-3-12/h2-3,5-7,9,11H,4,8,10H2,1H3/t11-/m1/s1. The summed E-state index contributed by atoms with van der Waals surface area (Å²) >= 11 is 1.90. The zero-order valence-electron chi connectivity index (χ0n) is 9.97. The van der Waals surface area contributed by atoms with Crippen molar-refractivity contribution in [3.05, 3.63) is 52.0 Å². The van der Waals surface area contributed by atoms with Gasteiger partial charge in [0.1, 0.15) is 0 Å². The molecule has 0 unspecified atom stereocenters. The van der Waals surface area contributed by atoms with Crippen LogP contribution in [0.5, 0.6) is 0 Å². The van der Waals surface area contributed by atoms with E-state index in [1.54, 1.807) is 4.88 Å². The van der Waals surface area contributed by atoms with Crippen LogP contribution in [-0.4, -0.2) is 16.4 Å². The molecule has 17 heavy (non-hydrogen) atoms. The fourth-order valence-electron chi connectivity index (χ4n) is 2.50. The highest BCUT2D eigenvalue weighted by molar-refractivity contribution is 7.10. The van der Waals surface area contributed by atoms with Gasteiger partial charge in [0.25, 0.3) is 0 Å². The minimum atomic E-state index is 0.540. The molecular formula is C14H16N2S. The molecule has 1 aliphatic rings. The van der Waals surface area contributed by atoms with Crippen molar-refractivity contribution in [1.82, 2.24) is 9.88 Å². The lowest BCUT2D eigenvalue weighted by Gasteiger charge is -2.33. The number of nitrogens with zero attached hydrogens (tertiary/aromatic N) is 2. The van der Waals surface area contributed by atoms with Crippen molar-refractivity contribution in [1.29, 1.82) is 0 Å². The smallest absolute Gasteiger partial charge is 0.0334 e. The number of fused-ring (bicyclic) bond motifs is 1. The highest BCUT2D eigenvalue weighted by Gasteiger charge is 2.24. The molecule has 2 aromatic heterocycles. The van der Waals surface area contributed by atoms with Crippen LogP contribution in [0.25, 0.3) is 0 Å². The molecule has 88 valence electrons. The summed E-state index contributed by atoms with van der Waals surface area (Å²) in [4.78, 5) is 8.19. The van der Waals surface area contributed by atoms with Gasteiger partial charge in [0.05, 0.1) is 0 Å². The predicted octanol–water partition coefficient (Wildman–Crippen LogP) is 3.26. The minimum Gasteiger partial charge on any atom is -0.292 e. The Morgan fingerprint density at radius 2 is 2.18 bits per heavy atom. The second-order valence-corrected chi connectivity index (χ2v) is 5.55. The van der Waals surface area contributed by atoms with Crippen LogP contribution in [-0.2, 0) is 13.0 Å². The Hall–Kier alpha value is -1.19. The first-order valence-electron chi connectivity index (χ1n) is 6.04. The van der Waals surface area contributed by atoms with Crippen LogP contribution < -0.4 is 0 Å². The Morgan fingerprint density at radius 1 is 1.35 bits per heavy atom. The highest BCUT2D eigenvalue weighted by atomic mass is 32.1. The molecule has 0 fully saturated rings. The summed E-state index contributed by atoms with van der Waals surface area (Å²) in [6, 6.07) is 7.04. The van der Waals surface area contributed by atoms with E-state index in [-0.39, 0.29) is 0 Å². The number of pyridine rings is 1. The molecule has 0 amide bonds. The largest absolute Gasteiger partial charge is 0.292 e. The van der Waals surface area contributed by atoms with Crippen LogP contribution in [0.15, 0.2) is 36.0 Å². The van der Waals surface area contributed by atoms with Crippen LogP contribution in [0.3, 0.4) is 0 Å². The molecule has 0 bridgehead atoms. The maximum Gasteiger partial charge on any atom is 0.0334 e. The van der Waals surface area contributed by atoms with Gasteiger partial charge in [0, 0.05) is 36.4 Å². The second kappa shape index (κ2) is 4.59. The van der Waals surface area contributed by atoms with E-state index in [0.29, 0.717) is 6.04 Å². The molecule has 1 atom stereocenters. The summed E-state index contributed by atoms with van der Waals surface area (Å²) in [5.41, 5.74) is 2.88. The van der Waals surface area contributed by atoms with E-state index in [1.807, 2.05) is 23.7 Å². The number of aromatic nitrogens is 1. The predicted molar refractivity (Wildman–Crippen MR) is 71.1 cm³/mol. The molecule has 0 spiro atoms. The van der Waals surface area contributed by atoms with E-state index in [0.717, 1.165) is 13.1 Å². The summed E-state index contributed by atoms with van der Waals surface area (Å²) in [6.45, 7) is 4.50. The van der Waals surface area contributed by atoms with Crippen molar-refractivity contribution in [2.24, 2.45) is 0 Å². The monoisotopic (exact) mass is 244 g/mol. The molecule has 0 radical (unpaired) electrons. The quantitative estimate of drug-likeness (QED) is 0.806. The van der Waals surface area contributed by atoms with Crippen molar-refractivity contribution in [3.8, 4) is 0 Å². The Bertz CT molecular complexity index is 492. The van der Waals surface area contributed by atoms with Gasteiger partial charge in [-0.3, -0.25) is 9.88 Å². The summed E-state index contributed by atoms with van der Waals surface area (Å²) in [5, 5.41) is 2.22. The highest BCUT2D eigenvalue weighted by Crippen LogP contribution is 2.33. The summed E-state index contributed by atoms with van der Waals surface area (Å²) in [5.74, 6) is 0. The lowest BCUT2D eigenvalue weighted by molar-refractivity contribution is 0.191. The van der Waals surface area contributed by atoms with Gasteiger partial charge in [-0.1, -0.05) is 0 Å². The second-order valence-electron chi connectivity index (χ2n) is 4.55. The molecule has 0 N–H and O–H groups in total. The topological polar surface area (TPSA) is 16.1 Å². The van der Waals surface area contributed by atoms with Gasteiger partial charge in [0.2, 0.25) is 0 Å². The average Bonchev–Trinajstić information content (AvgIpc) is 2.83. The van der Waals surface area contributed by atoms with Gasteiger partial charge in [-0.15, -0.1) is 11.3 Å². The summed E-state index contributed by atoms with van der Waals surface area (Å²) in [7, 11) is 0. The first kappa shape index (κ1) is 10.9. The van der Waals surface area contributed by atoms with Crippen molar-refractivity contribution in [2.75, 3.05) is 6.54 Å². The van der Waals surface area contributed by atoms with Crippen molar-refractivity contribution in [2.45, 2.75) is 25.9 Å². The fourth-order valence-corrected chi connectivity index (χ4v) is 3.46. The van der Waals surface area contributed by atoms with E-state index >= 15 is 0 Å². The molecule has 0 aliphatic carbocycles. The molecule has 2 aromatic rings. The van der Waals surface area contributed by atoms with Gasteiger partial charge in [0.15, 0.2) is 0 Å². The van der Waals surface area contributed by atoms with Crippen LogP contribution in [0, 0.1) is 0 Å². The summed E-state index contributed by atoms with van der Waals surface area (Å²) < 4.78 is 0. The normalized spacial score (nSPS) is 20.2. The fraction of sp³-hybridized carbons (Fsp3) is 0.357. The van der Waals surface area contributed by atoms with Gasteiger partial charge < -0.3 is 0 Å². The average molecular weight is 244 g/mol. The van der Waals surface area contributed by atoms with Crippen molar-refractivity contribution in [3.63, 3.8) is 0 Å². The van der Waals surface area contributed by atoms with E-state index in [2.05, 4.69) is 40.4 Å². The molecule has 0 saturated carbocycles. The molecule has 0 saturated heterocycles. The molecule has 3 rings (SSSR count). The molecule has 3 heterocycles. The van der Waals surface area contributed by atoms with E-state index < -0.39 is 0 Å². The molecule has 1 aliphatic heterocycles. The van der Waals surface area contributed by atoms with E-state index in [4.69, 9.17) is 0 Å². The Kier molecular flexibility index (Phi) is 2.95. The molecule has 2 nitrogen and oxygen atoms in total. The van der Waals surface area contributed by atoms with Crippen molar-refractivity contribution >= 4 is 11.3 Å². The van der Waals surface area contributed by atoms with Crippen LogP contribution >= 0.6 is 11.3 Å². The maximum atomic E-state index is 4.07. The third-order valence-electron chi connectivity index (χ3n) is 3.54. The van der Waals surface area contributed by atoms with E-state index in [1.165, 1.54) is 17.5 Å². The van der Waals surface area contributed by atoms with Crippen molar-refractivity contribution < 1.29 is 0 Å². The third kappa shape index (κ3) is 2.13. The lowest BCUT2D eigenvalue weighted by atomic mass is 10.0. The van der Waals surface area contributed by atoms with Gasteiger partial charge >= 0.3 is 0 Å². The van der Waals surface area contributed by atoms with Gasteiger partial charge in [-0.05, 0) is 48.1 Å². The zero-order chi connectivity index (χ0) is 11.7. The van der Waals surface area contributed by atoms with Gasteiger partial charge in [-0.2, -0.15) is 0 Å². The Balaban J connectivity index is 1.78. The first-order chi connectivity index (χ1) is 8.34. The first-order valence-corrected chi connectivity index (χ1v) is 6.92. The van der Waals surface area contributed by atoms with Crippen LogP contribution in [0.4, 0.5) is 0 Å². The summed E-state index contributed by atoms with van der Waals surface area (Å²) in [6.07, 6.45) is 4.95. The number of hydrogen-bond donors (Lipinski definition) is 0. The SMILES string of the molecule is C[C@@H]1c2ccsc2CCN1Cc1ccncc1.